The molecular formula is C10H16N4S. The maximum atomic E-state index is 5.72. The third kappa shape index (κ3) is 1.99. The normalized spacial score (nSPS) is 22.7. The van der Waals surface area contributed by atoms with Gasteiger partial charge in [-0.25, -0.2) is 4.98 Å². The van der Waals surface area contributed by atoms with Crippen LogP contribution in [0.2, 0.25) is 0 Å². The van der Waals surface area contributed by atoms with Crippen LogP contribution in [-0.4, -0.2) is 22.4 Å². The Kier molecular flexibility index (Phi) is 2.17. The van der Waals surface area contributed by atoms with Gasteiger partial charge in [0.2, 0.25) is 5.13 Å². The lowest BCUT2D eigenvalue weighted by molar-refractivity contribution is 0.555. The fourth-order valence-electron chi connectivity index (χ4n) is 1.71. The van der Waals surface area contributed by atoms with Crippen molar-refractivity contribution in [3.8, 4) is 0 Å². The monoisotopic (exact) mass is 224 g/mol. The van der Waals surface area contributed by atoms with Crippen LogP contribution in [0, 0.1) is 5.41 Å². The molecule has 4 nitrogen and oxygen atoms in total. The molecule has 0 saturated heterocycles. The average molecular weight is 224 g/mol. The summed E-state index contributed by atoms with van der Waals surface area (Å²) in [5, 5.41) is 4.34. The van der Waals surface area contributed by atoms with Gasteiger partial charge in [0.1, 0.15) is 5.82 Å². The molecule has 0 bridgehead atoms. The van der Waals surface area contributed by atoms with Crippen LogP contribution in [-0.2, 0) is 0 Å². The molecule has 1 aromatic heterocycles. The molecular weight excluding hydrogens is 208 g/mol. The van der Waals surface area contributed by atoms with Crippen LogP contribution in [0.4, 0.5) is 5.13 Å². The zero-order chi connectivity index (χ0) is 10.3. The molecule has 0 amide bonds. The van der Waals surface area contributed by atoms with Gasteiger partial charge in [0, 0.05) is 24.0 Å². The van der Waals surface area contributed by atoms with E-state index in [1.54, 1.807) is 0 Å². The standard InChI is InChI=1S/C10H16N4S/c11-5-10(3-4-10)6-12-9-13-8(14-15-9)7-1-2-7/h7H,1-6,11H2,(H,12,13,14). The lowest BCUT2D eigenvalue weighted by Crippen LogP contribution is -2.24. The first-order valence-corrected chi connectivity index (χ1v) is 6.36. The molecule has 0 spiro atoms. The zero-order valence-electron chi connectivity index (χ0n) is 8.70. The summed E-state index contributed by atoms with van der Waals surface area (Å²) >= 11 is 1.48. The van der Waals surface area contributed by atoms with Crippen LogP contribution in [0.25, 0.3) is 0 Å². The minimum atomic E-state index is 0.366. The topological polar surface area (TPSA) is 63.8 Å². The van der Waals surface area contributed by atoms with E-state index in [0.717, 1.165) is 24.0 Å². The Balaban J connectivity index is 1.57. The predicted molar refractivity (Wildman–Crippen MR) is 61.1 cm³/mol. The van der Waals surface area contributed by atoms with Crippen molar-refractivity contribution in [3.63, 3.8) is 0 Å². The first kappa shape index (κ1) is 9.54. The van der Waals surface area contributed by atoms with Gasteiger partial charge in [0.05, 0.1) is 0 Å². The Morgan fingerprint density at radius 1 is 1.47 bits per heavy atom. The molecule has 0 unspecified atom stereocenters. The van der Waals surface area contributed by atoms with Crippen molar-refractivity contribution in [2.24, 2.45) is 11.1 Å². The quantitative estimate of drug-likeness (QED) is 0.797. The molecule has 0 aromatic carbocycles. The third-order valence-electron chi connectivity index (χ3n) is 3.39. The first-order valence-electron chi connectivity index (χ1n) is 5.59. The fourth-order valence-corrected chi connectivity index (χ4v) is 2.35. The van der Waals surface area contributed by atoms with E-state index in [1.807, 2.05) is 0 Å². The molecule has 1 aromatic rings. The van der Waals surface area contributed by atoms with E-state index < -0.39 is 0 Å². The maximum Gasteiger partial charge on any atom is 0.202 e. The number of nitrogens with one attached hydrogen (secondary N) is 1. The van der Waals surface area contributed by atoms with E-state index in [-0.39, 0.29) is 0 Å². The fraction of sp³-hybridized carbons (Fsp3) is 0.800. The van der Waals surface area contributed by atoms with E-state index in [2.05, 4.69) is 14.7 Å². The molecule has 5 heteroatoms. The third-order valence-corrected chi connectivity index (χ3v) is 4.08. The summed E-state index contributed by atoms with van der Waals surface area (Å²) in [7, 11) is 0. The van der Waals surface area contributed by atoms with Crippen molar-refractivity contribution in [2.75, 3.05) is 18.4 Å². The number of nitrogens with zero attached hydrogens (tertiary/aromatic N) is 2. The number of nitrogens with two attached hydrogens (primary N) is 1. The Bertz CT molecular complexity index is 354. The summed E-state index contributed by atoms with van der Waals surface area (Å²) in [6.07, 6.45) is 5.04. The van der Waals surface area contributed by atoms with E-state index in [9.17, 15) is 0 Å². The highest BCUT2D eigenvalue weighted by Crippen LogP contribution is 2.44. The number of rotatable bonds is 5. The SMILES string of the molecule is NCC1(CNc2nc(C3CC3)ns2)CC1. The lowest BCUT2D eigenvalue weighted by Gasteiger charge is -2.11. The molecule has 2 aliphatic rings. The van der Waals surface area contributed by atoms with Gasteiger partial charge in [-0.15, -0.1) is 0 Å². The van der Waals surface area contributed by atoms with Gasteiger partial charge in [0.25, 0.3) is 0 Å². The maximum absolute atomic E-state index is 5.72. The summed E-state index contributed by atoms with van der Waals surface area (Å²) in [6.45, 7) is 1.75. The highest BCUT2D eigenvalue weighted by molar-refractivity contribution is 7.09. The smallest absolute Gasteiger partial charge is 0.202 e. The Morgan fingerprint density at radius 3 is 2.87 bits per heavy atom. The van der Waals surface area contributed by atoms with Gasteiger partial charge in [0.15, 0.2) is 0 Å². The van der Waals surface area contributed by atoms with E-state index in [1.165, 1.54) is 37.2 Å². The molecule has 82 valence electrons. The van der Waals surface area contributed by atoms with Crippen LogP contribution in [0.5, 0.6) is 0 Å². The molecule has 3 N–H and O–H groups in total. The largest absolute Gasteiger partial charge is 0.360 e. The van der Waals surface area contributed by atoms with Crippen molar-refractivity contribution < 1.29 is 0 Å². The van der Waals surface area contributed by atoms with Crippen molar-refractivity contribution in [1.29, 1.82) is 0 Å². The second-order valence-electron chi connectivity index (χ2n) is 4.79. The van der Waals surface area contributed by atoms with Crippen molar-refractivity contribution in [3.05, 3.63) is 5.82 Å². The summed E-state index contributed by atoms with van der Waals surface area (Å²) in [4.78, 5) is 4.49. The number of hydrogen-bond acceptors (Lipinski definition) is 5. The molecule has 3 rings (SSSR count). The van der Waals surface area contributed by atoms with Crippen molar-refractivity contribution in [1.82, 2.24) is 9.36 Å². The van der Waals surface area contributed by atoms with Gasteiger partial charge < -0.3 is 11.1 Å². The molecule has 0 radical (unpaired) electrons. The minimum Gasteiger partial charge on any atom is -0.360 e. The Morgan fingerprint density at radius 2 is 2.27 bits per heavy atom. The predicted octanol–water partition coefficient (Wildman–Crippen LogP) is 1.57. The van der Waals surface area contributed by atoms with Crippen LogP contribution < -0.4 is 11.1 Å². The number of anilines is 1. The number of aromatic nitrogens is 2. The van der Waals surface area contributed by atoms with Gasteiger partial charge >= 0.3 is 0 Å². The molecule has 2 saturated carbocycles. The van der Waals surface area contributed by atoms with Crippen LogP contribution in [0.15, 0.2) is 0 Å². The first-order chi connectivity index (χ1) is 7.31. The van der Waals surface area contributed by atoms with Crippen LogP contribution >= 0.6 is 11.5 Å². The minimum absolute atomic E-state index is 0.366. The van der Waals surface area contributed by atoms with Gasteiger partial charge in [-0.3, -0.25) is 0 Å². The molecule has 1 heterocycles. The molecule has 15 heavy (non-hydrogen) atoms. The highest BCUT2D eigenvalue weighted by Gasteiger charge is 2.41. The Labute approximate surface area is 93.4 Å². The van der Waals surface area contributed by atoms with Gasteiger partial charge in [-0.1, -0.05) is 0 Å². The molecule has 2 aliphatic carbocycles. The molecule has 0 atom stereocenters. The molecule has 2 fully saturated rings. The zero-order valence-corrected chi connectivity index (χ0v) is 9.52. The van der Waals surface area contributed by atoms with Crippen LogP contribution in [0.1, 0.15) is 37.4 Å². The van der Waals surface area contributed by atoms with Crippen molar-refractivity contribution >= 4 is 16.7 Å². The summed E-state index contributed by atoms with van der Waals surface area (Å²) < 4.78 is 4.36. The van der Waals surface area contributed by atoms with Crippen LogP contribution in [0.3, 0.4) is 0 Å². The average Bonchev–Trinajstić information content (AvgIpc) is 3.17. The second-order valence-corrected chi connectivity index (χ2v) is 5.54. The van der Waals surface area contributed by atoms with Gasteiger partial charge in [-0.05, 0) is 37.6 Å². The van der Waals surface area contributed by atoms with E-state index in [4.69, 9.17) is 5.73 Å². The van der Waals surface area contributed by atoms with E-state index in [0.29, 0.717) is 11.3 Å². The Hall–Kier alpha value is -0.680. The van der Waals surface area contributed by atoms with Crippen molar-refractivity contribution in [2.45, 2.75) is 31.6 Å². The highest BCUT2D eigenvalue weighted by atomic mass is 32.1. The second kappa shape index (κ2) is 3.42. The number of hydrogen-bond donors (Lipinski definition) is 2. The molecule has 0 aliphatic heterocycles. The summed E-state index contributed by atoms with van der Waals surface area (Å²) in [5.74, 6) is 1.70. The summed E-state index contributed by atoms with van der Waals surface area (Å²) in [6, 6.07) is 0. The summed E-state index contributed by atoms with van der Waals surface area (Å²) in [5.41, 5.74) is 6.09. The van der Waals surface area contributed by atoms with E-state index >= 15 is 0 Å². The van der Waals surface area contributed by atoms with Gasteiger partial charge in [-0.2, -0.15) is 4.37 Å². The lowest BCUT2D eigenvalue weighted by atomic mass is 10.1.